The predicted molar refractivity (Wildman–Crippen MR) is 120 cm³/mol. The second-order valence-electron chi connectivity index (χ2n) is 6.97. The average Bonchev–Trinajstić information content (AvgIpc) is 3.51. The number of nitrogens with zero attached hydrogens (tertiary/aromatic N) is 4. The molecule has 5 aromatic rings. The van der Waals surface area contributed by atoms with Crippen molar-refractivity contribution < 1.29 is 14.1 Å². The molecule has 0 unspecified atom stereocenters. The topological polar surface area (TPSA) is 116 Å². The third kappa shape index (κ3) is 3.52. The first-order valence-electron chi connectivity index (χ1n) is 9.56. The Morgan fingerprint density at radius 3 is 2.75 bits per heavy atom. The molecule has 158 valence electrons. The Balaban J connectivity index is 1.47. The highest BCUT2D eigenvalue weighted by Crippen LogP contribution is 2.31. The average molecular weight is 445 g/mol. The van der Waals surface area contributed by atoms with Crippen molar-refractivity contribution in [2.75, 3.05) is 5.32 Å². The Bertz CT molecular complexity index is 1450. The molecule has 1 N–H and O–H groups in total. The minimum atomic E-state index is -0.604. The minimum absolute atomic E-state index is 0.0370. The van der Waals surface area contributed by atoms with E-state index in [4.69, 9.17) is 4.42 Å². The van der Waals surface area contributed by atoms with Crippen LogP contribution in [0, 0.1) is 17.0 Å². The van der Waals surface area contributed by atoms with Gasteiger partial charge in [-0.25, -0.2) is 4.98 Å². The maximum absolute atomic E-state index is 12.8. The van der Waals surface area contributed by atoms with Gasteiger partial charge in [-0.05, 0) is 25.1 Å². The number of nitro groups is 1. The normalized spacial score (nSPS) is 11.0. The number of fused-ring (bicyclic) bond motifs is 1. The van der Waals surface area contributed by atoms with Gasteiger partial charge in [0.1, 0.15) is 22.7 Å². The fourth-order valence-electron chi connectivity index (χ4n) is 3.33. The van der Waals surface area contributed by atoms with Gasteiger partial charge in [0.25, 0.3) is 11.6 Å². The zero-order valence-corrected chi connectivity index (χ0v) is 17.5. The Kier molecular flexibility index (Phi) is 4.75. The first-order chi connectivity index (χ1) is 15.5. The number of para-hydroxylation sites is 2. The van der Waals surface area contributed by atoms with Crippen LogP contribution in [0.3, 0.4) is 0 Å². The number of thiazole rings is 1. The number of furan rings is 1. The summed E-state index contributed by atoms with van der Waals surface area (Å²) in [7, 11) is 0. The number of nitro benzene ring substituents is 1. The SMILES string of the molecule is Cc1cc(NC(=O)c2ccccc2[N+](=O)[O-])n(-c2nc(-c3cc4ccccc4o3)cs2)n1. The van der Waals surface area contributed by atoms with E-state index in [-0.39, 0.29) is 11.3 Å². The van der Waals surface area contributed by atoms with Gasteiger partial charge in [0.15, 0.2) is 5.76 Å². The predicted octanol–water partition coefficient (Wildman–Crippen LogP) is 5.21. The van der Waals surface area contributed by atoms with E-state index in [9.17, 15) is 14.9 Å². The quantitative estimate of drug-likeness (QED) is 0.293. The molecule has 0 spiro atoms. The lowest BCUT2D eigenvalue weighted by Gasteiger charge is -2.07. The van der Waals surface area contributed by atoms with Gasteiger partial charge < -0.3 is 9.73 Å². The van der Waals surface area contributed by atoms with Gasteiger partial charge >= 0.3 is 0 Å². The monoisotopic (exact) mass is 445 g/mol. The van der Waals surface area contributed by atoms with Crippen molar-refractivity contribution in [3.05, 3.63) is 87.4 Å². The number of benzene rings is 2. The maximum Gasteiger partial charge on any atom is 0.282 e. The number of carbonyl (C=O) groups is 1. The molecule has 0 aliphatic rings. The molecule has 0 atom stereocenters. The van der Waals surface area contributed by atoms with Gasteiger partial charge in [-0.1, -0.05) is 30.3 Å². The van der Waals surface area contributed by atoms with E-state index in [2.05, 4.69) is 15.4 Å². The number of aryl methyl sites for hydroxylation is 1. The van der Waals surface area contributed by atoms with Gasteiger partial charge in [0.05, 0.1) is 10.6 Å². The van der Waals surface area contributed by atoms with Crippen molar-refractivity contribution in [3.63, 3.8) is 0 Å². The molecule has 1 amide bonds. The maximum atomic E-state index is 12.8. The van der Waals surface area contributed by atoms with Crippen LogP contribution in [0.25, 0.3) is 27.6 Å². The van der Waals surface area contributed by atoms with E-state index in [0.717, 1.165) is 11.0 Å². The largest absolute Gasteiger partial charge is 0.454 e. The fraction of sp³-hybridized carbons (Fsp3) is 0.0455. The summed E-state index contributed by atoms with van der Waals surface area (Å²) in [5.41, 5.74) is 1.76. The number of nitrogens with one attached hydrogen (secondary N) is 1. The molecule has 2 aromatic carbocycles. The Labute approximate surface area is 185 Å². The summed E-state index contributed by atoms with van der Waals surface area (Å²) >= 11 is 1.34. The van der Waals surface area contributed by atoms with Crippen LogP contribution in [0.4, 0.5) is 11.5 Å². The minimum Gasteiger partial charge on any atom is -0.454 e. The summed E-state index contributed by atoms with van der Waals surface area (Å²) in [4.78, 5) is 28.1. The van der Waals surface area contributed by atoms with Crippen LogP contribution < -0.4 is 5.32 Å². The van der Waals surface area contributed by atoms with E-state index in [1.165, 1.54) is 34.2 Å². The number of hydrogen-bond acceptors (Lipinski definition) is 7. The van der Waals surface area contributed by atoms with Crippen LogP contribution in [0.15, 0.2) is 70.5 Å². The van der Waals surface area contributed by atoms with Crippen molar-refractivity contribution in [3.8, 4) is 16.6 Å². The van der Waals surface area contributed by atoms with E-state index >= 15 is 0 Å². The second-order valence-corrected chi connectivity index (χ2v) is 7.81. The van der Waals surface area contributed by atoms with E-state index in [1.54, 1.807) is 19.1 Å². The number of rotatable bonds is 5. The summed E-state index contributed by atoms with van der Waals surface area (Å²) in [5, 5.41) is 21.7. The number of amides is 1. The van der Waals surface area contributed by atoms with Crippen LogP contribution in [-0.2, 0) is 0 Å². The zero-order valence-electron chi connectivity index (χ0n) is 16.7. The Morgan fingerprint density at radius 1 is 1.16 bits per heavy atom. The van der Waals surface area contributed by atoms with Crippen LogP contribution in [0.1, 0.15) is 16.1 Å². The first kappa shape index (κ1) is 19.6. The molecular weight excluding hydrogens is 430 g/mol. The summed E-state index contributed by atoms with van der Waals surface area (Å²) in [6.07, 6.45) is 0. The molecule has 0 aliphatic carbocycles. The molecular formula is C22H15N5O4S. The standard InChI is InChI=1S/C22H15N5O4S/c1-13-10-20(24-21(28)15-7-3-4-8-17(15)27(29)30)26(25-13)22-23-16(12-32-22)19-11-14-6-2-5-9-18(14)31-19/h2-12H,1H3,(H,24,28). The van der Waals surface area contributed by atoms with Gasteiger partial charge in [-0.15, -0.1) is 11.3 Å². The molecule has 32 heavy (non-hydrogen) atoms. The molecule has 0 fully saturated rings. The molecule has 0 bridgehead atoms. The van der Waals surface area contributed by atoms with Gasteiger partial charge in [0, 0.05) is 22.9 Å². The van der Waals surface area contributed by atoms with E-state index in [1.807, 2.05) is 35.7 Å². The summed E-state index contributed by atoms with van der Waals surface area (Å²) < 4.78 is 7.38. The van der Waals surface area contributed by atoms with Crippen molar-refractivity contribution in [1.29, 1.82) is 0 Å². The van der Waals surface area contributed by atoms with Crippen LogP contribution in [-0.4, -0.2) is 25.6 Å². The van der Waals surface area contributed by atoms with Gasteiger partial charge in [-0.2, -0.15) is 9.78 Å². The van der Waals surface area contributed by atoms with Gasteiger partial charge in [-0.3, -0.25) is 14.9 Å². The molecule has 9 nitrogen and oxygen atoms in total. The highest BCUT2D eigenvalue weighted by atomic mass is 32.1. The number of aromatic nitrogens is 3. The lowest BCUT2D eigenvalue weighted by molar-refractivity contribution is -0.385. The third-order valence-electron chi connectivity index (χ3n) is 4.77. The van der Waals surface area contributed by atoms with Crippen LogP contribution >= 0.6 is 11.3 Å². The molecule has 3 heterocycles. The molecule has 10 heteroatoms. The Morgan fingerprint density at radius 2 is 1.94 bits per heavy atom. The van der Waals surface area contributed by atoms with Crippen molar-refractivity contribution in [1.82, 2.24) is 14.8 Å². The lowest BCUT2D eigenvalue weighted by atomic mass is 10.1. The summed E-state index contributed by atoms with van der Waals surface area (Å²) in [6, 6.07) is 17.1. The van der Waals surface area contributed by atoms with E-state index < -0.39 is 10.8 Å². The summed E-state index contributed by atoms with van der Waals surface area (Å²) in [6.45, 7) is 1.78. The molecule has 3 aromatic heterocycles. The van der Waals surface area contributed by atoms with E-state index in [0.29, 0.717) is 28.1 Å². The molecule has 5 rings (SSSR count). The summed E-state index contributed by atoms with van der Waals surface area (Å²) in [5.74, 6) is 0.381. The lowest BCUT2D eigenvalue weighted by Crippen LogP contribution is -2.16. The molecule has 0 saturated carbocycles. The molecule has 0 aliphatic heterocycles. The van der Waals surface area contributed by atoms with Crippen molar-refractivity contribution >= 4 is 39.7 Å². The number of anilines is 1. The molecule has 0 saturated heterocycles. The Hall–Kier alpha value is -4.31. The molecule has 0 radical (unpaired) electrons. The number of hydrogen-bond donors (Lipinski definition) is 1. The van der Waals surface area contributed by atoms with Crippen LogP contribution in [0.5, 0.6) is 0 Å². The third-order valence-corrected chi connectivity index (χ3v) is 5.59. The van der Waals surface area contributed by atoms with Crippen LogP contribution in [0.2, 0.25) is 0 Å². The van der Waals surface area contributed by atoms with Crippen molar-refractivity contribution in [2.45, 2.75) is 6.92 Å². The highest BCUT2D eigenvalue weighted by Gasteiger charge is 2.22. The number of carbonyl (C=O) groups excluding carboxylic acids is 1. The highest BCUT2D eigenvalue weighted by molar-refractivity contribution is 7.12. The van der Waals surface area contributed by atoms with Crippen molar-refractivity contribution in [2.24, 2.45) is 0 Å². The van der Waals surface area contributed by atoms with Gasteiger partial charge in [0.2, 0.25) is 5.13 Å². The first-order valence-corrected chi connectivity index (χ1v) is 10.4. The second kappa shape index (κ2) is 7.75. The fourth-order valence-corrected chi connectivity index (χ4v) is 4.10. The smallest absolute Gasteiger partial charge is 0.282 e. The zero-order chi connectivity index (χ0) is 22.2.